The van der Waals surface area contributed by atoms with Crippen LogP contribution in [0.4, 0.5) is 10.1 Å². The number of nitrogens with zero attached hydrogens (tertiary/aromatic N) is 2. The number of halogens is 3. The Balaban J connectivity index is 1.78. The van der Waals surface area contributed by atoms with E-state index in [4.69, 9.17) is 40.2 Å². The smallest absolute Gasteiger partial charge is 0.244 e. The molecule has 8 nitrogen and oxygen atoms in total. The van der Waals surface area contributed by atoms with E-state index in [1.807, 2.05) is 0 Å². The molecule has 1 heterocycles. The fourth-order valence-corrected chi connectivity index (χ4v) is 5.42. The molecule has 12 heteroatoms. The van der Waals surface area contributed by atoms with Gasteiger partial charge in [-0.05, 0) is 30.3 Å². The lowest BCUT2D eigenvalue weighted by atomic mass is 9.93. The minimum atomic E-state index is -3.95. The monoisotopic (exact) mass is 486 g/mol. The second-order valence-electron chi connectivity index (χ2n) is 6.89. The molecular weight excluding hydrogens is 470 g/mol. The number of carbonyl (C=O) groups excluding carboxylic acids is 1. The maximum atomic E-state index is 13.8. The number of rotatable bonds is 7. The summed E-state index contributed by atoms with van der Waals surface area (Å²) in [5.41, 5.74) is 4.14. The number of benzene rings is 2. The van der Waals surface area contributed by atoms with Gasteiger partial charge in [-0.3, -0.25) is 4.79 Å². The van der Waals surface area contributed by atoms with Crippen molar-refractivity contribution < 1.29 is 22.3 Å². The summed E-state index contributed by atoms with van der Waals surface area (Å²) in [6.45, 7) is 6.22. The quantitative estimate of drug-likeness (QED) is 0.585. The minimum absolute atomic E-state index is 0.0254. The van der Waals surface area contributed by atoms with E-state index in [0.29, 0.717) is 5.02 Å². The molecule has 0 aliphatic carbocycles. The van der Waals surface area contributed by atoms with E-state index in [1.165, 1.54) is 30.3 Å². The maximum Gasteiger partial charge on any atom is 0.244 e. The average Bonchev–Trinajstić information content (AvgIpc) is 2.68. The first-order chi connectivity index (χ1) is 14.6. The Morgan fingerprint density at radius 1 is 1.29 bits per heavy atom. The fourth-order valence-electron chi connectivity index (χ4n) is 3.07. The van der Waals surface area contributed by atoms with E-state index in [0.717, 1.165) is 10.4 Å². The van der Waals surface area contributed by atoms with Crippen molar-refractivity contribution in [3.05, 3.63) is 63.7 Å². The van der Waals surface area contributed by atoms with Crippen molar-refractivity contribution in [2.75, 3.05) is 26.2 Å². The molecule has 1 amide bonds. The molecule has 3 N–H and O–H groups in total. The Morgan fingerprint density at radius 3 is 2.58 bits per heavy atom. The van der Waals surface area contributed by atoms with Crippen LogP contribution in [-0.2, 0) is 14.8 Å². The van der Waals surface area contributed by atoms with Crippen molar-refractivity contribution in [3.8, 4) is 5.75 Å². The van der Waals surface area contributed by atoms with Crippen LogP contribution in [0.25, 0.3) is 4.85 Å². The Bertz CT molecular complexity index is 1160. The van der Waals surface area contributed by atoms with E-state index in [1.54, 1.807) is 0 Å². The van der Waals surface area contributed by atoms with Gasteiger partial charge in [0, 0.05) is 24.2 Å². The maximum absolute atomic E-state index is 13.8. The van der Waals surface area contributed by atoms with Gasteiger partial charge in [-0.25, -0.2) is 17.7 Å². The zero-order chi connectivity index (χ0) is 22.8. The van der Waals surface area contributed by atoms with Gasteiger partial charge in [0.05, 0.1) is 18.1 Å². The highest BCUT2D eigenvalue weighted by molar-refractivity contribution is 7.89. The third-order valence-corrected chi connectivity index (χ3v) is 7.12. The van der Waals surface area contributed by atoms with Crippen LogP contribution in [0.5, 0.6) is 5.75 Å². The predicted molar refractivity (Wildman–Crippen MR) is 113 cm³/mol. The molecule has 2 aromatic rings. The molecule has 0 saturated carbocycles. The molecule has 0 bridgehead atoms. The van der Waals surface area contributed by atoms with Crippen LogP contribution in [0.3, 0.4) is 0 Å². The number of amides is 1. The molecule has 0 spiro atoms. The van der Waals surface area contributed by atoms with Crippen LogP contribution in [0.15, 0.2) is 41.3 Å². The molecule has 0 radical (unpaired) electrons. The summed E-state index contributed by atoms with van der Waals surface area (Å²) in [5.74, 6) is -1.12. The Kier molecular flexibility index (Phi) is 6.73. The van der Waals surface area contributed by atoms with Gasteiger partial charge in [0.2, 0.25) is 21.6 Å². The van der Waals surface area contributed by atoms with Crippen LogP contribution in [0.1, 0.15) is 0 Å². The summed E-state index contributed by atoms with van der Waals surface area (Å²) in [5, 5.41) is 2.94. The Morgan fingerprint density at radius 2 is 2.00 bits per heavy atom. The van der Waals surface area contributed by atoms with Crippen LogP contribution >= 0.6 is 23.2 Å². The largest absolute Gasteiger partial charge is 0.491 e. The zero-order valence-electron chi connectivity index (χ0n) is 15.9. The number of ether oxygens (including phenoxy) is 1. The number of nitrogens with two attached hydrogens (primary N) is 1. The first-order valence-corrected chi connectivity index (χ1v) is 11.1. The van der Waals surface area contributed by atoms with Gasteiger partial charge in [0.15, 0.2) is 0 Å². The standard InChI is InChI=1S/C19H17Cl2FN4O4S/c1-24-16-4-3-13(7-15(16)22)30-11-19(25-18(27)8-23)9-26(10-19)31(28,29)17-5-2-12(20)6-14(17)21/h2-7H,8-11,23H2,(H,25,27). The number of nitrogens with one attached hydrogen (secondary N) is 1. The lowest BCUT2D eigenvalue weighted by Gasteiger charge is -2.48. The molecule has 0 atom stereocenters. The zero-order valence-corrected chi connectivity index (χ0v) is 18.3. The van der Waals surface area contributed by atoms with Gasteiger partial charge in [0.25, 0.3) is 0 Å². The van der Waals surface area contributed by atoms with Gasteiger partial charge in [-0.2, -0.15) is 4.31 Å². The average molecular weight is 487 g/mol. The van der Waals surface area contributed by atoms with Crippen molar-refractivity contribution in [2.24, 2.45) is 5.73 Å². The summed E-state index contributed by atoms with van der Waals surface area (Å²) in [6.07, 6.45) is 0. The van der Waals surface area contributed by atoms with Crippen LogP contribution in [0, 0.1) is 12.4 Å². The Labute approximate surface area is 188 Å². The molecule has 1 fully saturated rings. The molecule has 0 unspecified atom stereocenters. The molecule has 1 aliphatic rings. The third-order valence-electron chi connectivity index (χ3n) is 4.61. The Hall–Kier alpha value is -2.42. The minimum Gasteiger partial charge on any atom is -0.491 e. The topological polar surface area (TPSA) is 106 Å². The summed E-state index contributed by atoms with van der Waals surface area (Å²) in [6, 6.07) is 7.76. The normalized spacial score (nSPS) is 15.6. The van der Waals surface area contributed by atoms with Crippen LogP contribution in [-0.4, -0.2) is 50.4 Å². The van der Waals surface area contributed by atoms with Gasteiger partial charge in [-0.1, -0.05) is 23.2 Å². The van der Waals surface area contributed by atoms with Crippen molar-refractivity contribution in [3.63, 3.8) is 0 Å². The highest BCUT2D eigenvalue weighted by atomic mass is 35.5. The number of hydrogen-bond acceptors (Lipinski definition) is 5. The molecular formula is C19H17Cl2FN4O4S. The molecule has 3 rings (SSSR count). The highest BCUT2D eigenvalue weighted by Crippen LogP contribution is 2.33. The lowest BCUT2D eigenvalue weighted by Crippen LogP contribution is -2.74. The number of hydrogen-bond donors (Lipinski definition) is 2. The van der Waals surface area contributed by atoms with Crippen LogP contribution in [0.2, 0.25) is 10.0 Å². The van der Waals surface area contributed by atoms with Crippen molar-refractivity contribution in [2.45, 2.75) is 10.4 Å². The summed E-state index contributed by atoms with van der Waals surface area (Å²) in [7, 11) is -3.95. The highest BCUT2D eigenvalue weighted by Gasteiger charge is 2.50. The number of sulfonamides is 1. The summed E-state index contributed by atoms with van der Waals surface area (Å²) < 4.78 is 46.4. The fraction of sp³-hybridized carbons (Fsp3) is 0.263. The lowest BCUT2D eigenvalue weighted by molar-refractivity contribution is -0.124. The van der Waals surface area contributed by atoms with E-state index in [2.05, 4.69) is 10.2 Å². The van der Waals surface area contributed by atoms with Crippen LogP contribution < -0.4 is 15.8 Å². The van der Waals surface area contributed by atoms with E-state index in [9.17, 15) is 17.6 Å². The van der Waals surface area contributed by atoms with Gasteiger partial charge < -0.3 is 15.8 Å². The summed E-state index contributed by atoms with van der Waals surface area (Å²) >= 11 is 11.9. The molecule has 31 heavy (non-hydrogen) atoms. The van der Waals surface area contributed by atoms with Gasteiger partial charge >= 0.3 is 0 Å². The molecule has 1 saturated heterocycles. The predicted octanol–water partition coefficient (Wildman–Crippen LogP) is 2.58. The number of carbonyl (C=O) groups is 1. The van der Waals surface area contributed by atoms with Crippen molar-refractivity contribution >= 4 is 44.8 Å². The second kappa shape index (κ2) is 8.98. The van der Waals surface area contributed by atoms with Crippen molar-refractivity contribution in [1.29, 1.82) is 0 Å². The molecule has 2 aromatic carbocycles. The van der Waals surface area contributed by atoms with E-state index in [-0.39, 0.29) is 47.6 Å². The van der Waals surface area contributed by atoms with Gasteiger partial charge in [-0.15, -0.1) is 0 Å². The second-order valence-corrected chi connectivity index (χ2v) is 9.64. The molecule has 164 valence electrons. The van der Waals surface area contributed by atoms with Gasteiger partial charge in [0.1, 0.15) is 28.6 Å². The third kappa shape index (κ3) is 4.92. The molecule has 0 aromatic heterocycles. The first kappa shape index (κ1) is 23.2. The SMILES string of the molecule is [C-]#[N+]c1ccc(OCC2(NC(=O)CN)CN(S(=O)(=O)c3ccc(Cl)cc3Cl)C2)cc1F. The first-order valence-electron chi connectivity index (χ1n) is 8.86. The van der Waals surface area contributed by atoms with Crippen molar-refractivity contribution in [1.82, 2.24) is 9.62 Å². The van der Waals surface area contributed by atoms with E-state index >= 15 is 0 Å². The summed E-state index contributed by atoms with van der Waals surface area (Å²) in [4.78, 5) is 14.8. The molecule has 1 aliphatic heterocycles. The van der Waals surface area contributed by atoms with E-state index < -0.39 is 27.3 Å².